The molecule has 1 heterocycles. The van der Waals surface area contributed by atoms with E-state index in [1.54, 1.807) is 10.3 Å². The summed E-state index contributed by atoms with van der Waals surface area (Å²) in [6.45, 7) is -0.470. The summed E-state index contributed by atoms with van der Waals surface area (Å²) in [5.74, 6) is -3.49. The number of benzene rings is 1. The molecule has 0 saturated heterocycles. The van der Waals surface area contributed by atoms with Crippen LogP contribution < -0.4 is 15.8 Å². The third-order valence-corrected chi connectivity index (χ3v) is 4.02. The Balaban J connectivity index is 2.09. The molecule has 0 aliphatic carbocycles. The maximum absolute atomic E-state index is 13.5. The highest BCUT2D eigenvalue weighted by Gasteiger charge is 2.24. The van der Waals surface area contributed by atoms with E-state index in [0.29, 0.717) is 0 Å². The molecule has 0 spiro atoms. The van der Waals surface area contributed by atoms with Crippen molar-refractivity contribution in [2.24, 2.45) is 0 Å². The van der Waals surface area contributed by atoms with E-state index >= 15 is 0 Å². The smallest absolute Gasteiger partial charge is 0.263 e. The maximum Gasteiger partial charge on any atom is 0.263 e. The van der Waals surface area contributed by atoms with Crippen molar-refractivity contribution >= 4 is 15.9 Å². The van der Waals surface area contributed by atoms with Crippen LogP contribution in [0.1, 0.15) is 0 Å². The van der Waals surface area contributed by atoms with Gasteiger partial charge >= 0.3 is 0 Å². The highest BCUT2D eigenvalue weighted by atomic mass is 32.2. The van der Waals surface area contributed by atoms with Crippen molar-refractivity contribution in [1.82, 2.24) is 14.8 Å². The van der Waals surface area contributed by atoms with Gasteiger partial charge in [-0.3, -0.25) is 15.0 Å². The lowest BCUT2D eigenvalue weighted by atomic mass is 10.3. The number of carbonyl (C=O) groups excluding carboxylic acids is 1. The summed E-state index contributed by atoms with van der Waals surface area (Å²) in [5.41, 5.74) is 1.31. The van der Waals surface area contributed by atoms with Crippen molar-refractivity contribution in [3.63, 3.8) is 0 Å². The van der Waals surface area contributed by atoms with Crippen molar-refractivity contribution in [1.29, 1.82) is 0 Å². The lowest BCUT2D eigenvalue weighted by Crippen LogP contribution is -2.44. The van der Waals surface area contributed by atoms with Crippen LogP contribution in [0.5, 0.6) is 0 Å². The molecular formula is C13H11F2N3O4S. The molecule has 0 radical (unpaired) electrons. The SMILES string of the molecule is O=C(Cn1ccccc1=O)NNS(=O)(=O)c1c(F)cccc1F. The Labute approximate surface area is 129 Å². The van der Waals surface area contributed by atoms with E-state index in [4.69, 9.17) is 0 Å². The first-order valence-electron chi connectivity index (χ1n) is 6.21. The Bertz CT molecular complexity index is 876. The Hall–Kier alpha value is -2.59. The average molecular weight is 343 g/mol. The number of pyridine rings is 1. The highest BCUT2D eigenvalue weighted by molar-refractivity contribution is 7.89. The second kappa shape index (κ2) is 6.67. The molecule has 7 nitrogen and oxygen atoms in total. The molecule has 2 rings (SSSR count). The Kier molecular flexibility index (Phi) is 4.86. The minimum atomic E-state index is -4.64. The van der Waals surface area contributed by atoms with Gasteiger partial charge in [0.15, 0.2) is 4.90 Å². The second-order valence-electron chi connectivity index (χ2n) is 4.37. The summed E-state index contributed by atoms with van der Waals surface area (Å²) in [5, 5.41) is 0. The van der Waals surface area contributed by atoms with Gasteiger partial charge in [0.25, 0.3) is 21.5 Å². The zero-order valence-electron chi connectivity index (χ0n) is 11.5. The Morgan fingerprint density at radius 1 is 1.09 bits per heavy atom. The minimum absolute atomic E-state index is 0.467. The molecule has 23 heavy (non-hydrogen) atoms. The van der Waals surface area contributed by atoms with Gasteiger partial charge in [0, 0.05) is 12.3 Å². The van der Waals surface area contributed by atoms with Crippen molar-refractivity contribution in [3.8, 4) is 0 Å². The Morgan fingerprint density at radius 3 is 2.35 bits per heavy atom. The number of aromatic nitrogens is 1. The quantitative estimate of drug-likeness (QED) is 0.755. The zero-order chi connectivity index (χ0) is 17.0. The molecule has 2 N–H and O–H groups in total. The molecule has 1 aromatic carbocycles. The van der Waals surface area contributed by atoms with Gasteiger partial charge in [-0.25, -0.2) is 17.2 Å². The highest BCUT2D eigenvalue weighted by Crippen LogP contribution is 2.17. The number of sulfonamides is 1. The van der Waals surface area contributed by atoms with E-state index in [1.807, 2.05) is 0 Å². The lowest BCUT2D eigenvalue weighted by molar-refractivity contribution is -0.122. The number of carbonyl (C=O) groups is 1. The number of rotatable bonds is 5. The molecule has 0 bridgehead atoms. The lowest BCUT2D eigenvalue weighted by Gasteiger charge is -2.10. The topological polar surface area (TPSA) is 97.3 Å². The molecule has 1 aromatic heterocycles. The van der Waals surface area contributed by atoms with Crippen molar-refractivity contribution < 1.29 is 22.0 Å². The van der Waals surface area contributed by atoms with E-state index < -0.39 is 44.6 Å². The van der Waals surface area contributed by atoms with Crippen molar-refractivity contribution in [2.75, 3.05) is 0 Å². The molecular weight excluding hydrogens is 332 g/mol. The molecule has 0 fully saturated rings. The summed E-state index contributed by atoms with van der Waals surface area (Å²) >= 11 is 0. The van der Waals surface area contributed by atoms with Gasteiger partial charge in [-0.1, -0.05) is 12.1 Å². The number of halogens is 2. The van der Waals surface area contributed by atoms with Crippen LogP contribution in [-0.2, 0) is 21.4 Å². The third kappa shape index (κ3) is 3.99. The molecule has 0 aliphatic rings. The fraction of sp³-hybridized carbons (Fsp3) is 0.0769. The minimum Gasteiger partial charge on any atom is -0.306 e. The average Bonchev–Trinajstić information content (AvgIpc) is 2.47. The van der Waals surface area contributed by atoms with Crippen molar-refractivity contribution in [3.05, 3.63) is 64.6 Å². The predicted octanol–water partition coefficient (Wildman–Crippen LogP) is 0.136. The number of amides is 1. The number of hydrogen-bond donors (Lipinski definition) is 2. The first-order valence-corrected chi connectivity index (χ1v) is 7.70. The van der Waals surface area contributed by atoms with Crippen LogP contribution in [0.15, 0.2) is 52.3 Å². The number of nitrogens with zero attached hydrogens (tertiary/aromatic N) is 1. The molecule has 10 heteroatoms. The predicted molar refractivity (Wildman–Crippen MR) is 75.5 cm³/mol. The number of hydrazine groups is 1. The summed E-state index contributed by atoms with van der Waals surface area (Å²) < 4.78 is 51.6. The van der Waals surface area contributed by atoms with Crippen LogP contribution in [0.2, 0.25) is 0 Å². The summed E-state index contributed by atoms with van der Waals surface area (Å²) in [6, 6.07) is 6.73. The fourth-order valence-corrected chi connectivity index (χ4v) is 2.70. The largest absolute Gasteiger partial charge is 0.306 e. The van der Waals surface area contributed by atoms with Gasteiger partial charge in [0.1, 0.15) is 18.2 Å². The van der Waals surface area contributed by atoms with Crippen LogP contribution >= 0.6 is 0 Å². The van der Waals surface area contributed by atoms with E-state index in [-0.39, 0.29) is 0 Å². The van der Waals surface area contributed by atoms with Crippen LogP contribution in [0.3, 0.4) is 0 Å². The molecule has 0 aliphatic heterocycles. The summed E-state index contributed by atoms with van der Waals surface area (Å²) in [4.78, 5) is 23.4. The number of nitrogens with one attached hydrogen (secondary N) is 2. The van der Waals surface area contributed by atoms with Gasteiger partial charge in [-0.05, 0) is 18.2 Å². The summed E-state index contributed by atoms with van der Waals surface area (Å²) in [6.07, 6.45) is 1.33. The van der Waals surface area contributed by atoms with Gasteiger partial charge < -0.3 is 4.57 Å². The molecule has 122 valence electrons. The van der Waals surface area contributed by atoms with E-state index in [1.165, 1.54) is 24.4 Å². The van der Waals surface area contributed by atoms with Crippen LogP contribution in [0, 0.1) is 11.6 Å². The van der Waals surface area contributed by atoms with E-state index in [0.717, 1.165) is 22.8 Å². The fourth-order valence-electron chi connectivity index (χ4n) is 1.70. The molecule has 1 amide bonds. The third-order valence-electron chi connectivity index (χ3n) is 2.73. The maximum atomic E-state index is 13.5. The van der Waals surface area contributed by atoms with Gasteiger partial charge in [0.2, 0.25) is 0 Å². The van der Waals surface area contributed by atoms with Gasteiger partial charge in [-0.15, -0.1) is 4.83 Å². The van der Waals surface area contributed by atoms with Crippen LogP contribution in [0.25, 0.3) is 0 Å². The van der Waals surface area contributed by atoms with Gasteiger partial charge in [-0.2, -0.15) is 0 Å². The molecule has 0 atom stereocenters. The normalized spacial score (nSPS) is 11.2. The summed E-state index contributed by atoms with van der Waals surface area (Å²) in [7, 11) is -4.64. The first-order chi connectivity index (χ1) is 10.8. The molecule has 0 unspecified atom stereocenters. The molecule has 2 aromatic rings. The number of hydrogen-bond acceptors (Lipinski definition) is 4. The van der Waals surface area contributed by atoms with Crippen LogP contribution in [-0.4, -0.2) is 18.9 Å². The van der Waals surface area contributed by atoms with Crippen molar-refractivity contribution in [2.45, 2.75) is 11.4 Å². The van der Waals surface area contributed by atoms with Crippen LogP contribution in [0.4, 0.5) is 8.78 Å². The van der Waals surface area contributed by atoms with E-state index in [9.17, 15) is 26.8 Å². The Morgan fingerprint density at radius 2 is 1.74 bits per heavy atom. The second-order valence-corrected chi connectivity index (χ2v) is 5.99. The standard InChI is InChI=1S/C13H11F2N3O4S/c14-9-4-3-5-10(15)13(9)23(21,22)17-16-11(19)8-18-7-2-1-6-12(18)20/h1-7,17H,8H2,(H,16,19). The van der Waals surface area contributed by atoms with E-state index in [2.05, 4.69) is 0 Å². The first kappa shape index (κ1) is 16.8. The van der Waals surface area contributed by atoms with Gasteiger partial charge in [0.05, 0.1) is 0 Å². The monoisotopic (exact) mass is 343 g/mol. The molecule has 0 saturated carbocycles. The zero-order valence-corrected chi connectivity index (χ0v) is 12.3.